The summed E-state index contributed by atoms with van der Waals surface area (Å²) in [7, 11) is 0. The standard InChI is InChI=1S/C21H25NO4/c1-4-17-9-11-18(12-10-17)16(3)22-20(23)13-26-21(24)14-25-19-8-6-5-7-15(19)2/h5-12,16H,4,13-14H2,1-3H3,(H,22,23). The van der Waals surface area contributed by atoms with Gasteiger partial charge in [0, 0.05) is 0 Å². The summed E-state index contributed by atoms with van der Waals surface area (Å²) >= 11 is 0. The molecule has 0 spiro atoms. The number of hydrogen-bond donors (Lipinski definition) is 1. The predicted octanol–water partition coefficient (Wildman–Crippen LogP) is 3.36. The van der Waals surface area contributed by atoms with Crippen LogP contribution in [0.5, 0.6) is 5.75 Å². The molecule has 26 heavy (non-hydrogen) atoms. The molecule has 0 saturated heterocycles. The monoisotopic (exact) mass is 355 g/mol. The fraction of sp³-hybridized carbons (Fsp3) is 0.333. The number of para-hydroxylation sites is 1. The Morgan fingerprint density at radius 3 is 2.38 bits per heavy atom. The molecule has 0 heterocycles. The van der Waals surface area contributed by atoms with Crippen LogP contribution < -0.4 is 10.1 Å². The second kappa shape index (κ2) is 9.61. The first-order valence-corrected chi connectivity index (χ1v) is 8.72. The van der Waals surface area contributed by atoms with E-state index in [4.69, 9.17) is 9.47 Å². The maximum atomic E-state index is 12.0. The fourth-order valence-electron chi connectivity index (χ4n) is 2.45. The SMILES string of the molecule is CCc1ccc(C(C)NC(=O)COC(=O)COc2ccccc2C)cc1. The molecule has 1 amide bonds. The number of nitrogens with one attached hydrogen (secondary N) is 1. The second-order valence-electron chi connectivity index (χ2n) is 6.10. The minimum absolute atomic E-state index is 0.157. The van der Waals surface area contributed by atoms with Gasteiger partial charge in [-0.25, -0.2) is 4.79 Å². The number of hydrogen-bond acceptors (Lipinski definition) is 4. The first-order chi connectivity index (χ1) is 12.5. The third-order valence-corrected chi connectivity index (χ3v) is 4.07. The average Bonchev–Trinajstić information content (AvgIpc) is 2.65. The molecular weight excluding hydrogens is 330 g/mol. The van der Waals surface area contributed by atoms with E-state index in [1.807, 2.05) is 56.3 Å². The third-order valence-electron chi connectivity index (χ3n) is 4.07. The number of amides is 1. The maximum absolute atomic E-state index is 12.0. The molecule has 0 aliphatic carbocycles. The van der Waals surface area contributed by atoms with E-state index < -0.39 is 5.97 Å². The molecule has 0 saturated carbocycles. The third kappa shape index (κ3) is 5.92. The molecule has 1 unspecified atom stereocenters. The molecule has 1 atom stereocenters. The van der Waals surface area contributed by atoms with Crippen molar-refractivity contribution in [1.29, 1.82) is 0 Å². The quantitative estimate of drug-likeness (QED) is 0.738. The summed E-state index contributed by atoms with van der Waals surface area (Å²) in [5.41, 5.74) is 3.18. The highest BCUT2D eigenvalue weighted by molar-refractivity contribution is 5.81. The van der Waals surface area contributed by atoms with E-state index >= 15 is 0 Å². The van der Waals surface area contributed by atoms with Crippen LogP contribution in [0.25, 0.3) is 0 Å². The van der Waals surface area contributed by atoms with Crippen molar-refractivity contribution in [2.75, 3.05) is 13.2 Å². The molecular formula is C21H25NO4. The molecule has 0 aliphatic rings. The topological polar surface area (TPSA) is 64.6 Å². The van der Waals surface area contributed by atoms with Crippen molar-refractivity contribution < 1.29 is 19.1 Å². The molecule has 2 aromatic carbocycles. The fourth-order valence-corrected chi connectivity index (χ4v) is 2.45. The summed E-state index contributed by atoms with van der Waals surface area (Å²) in [5, 5.41) is 2.81. The van der Waals surface area contributed by atoms with Crippen LogP contribution in [0.2, 0.25) is 0 Å². The molecule has 2 rings (SSSR count). The summed E-state index contributed by atoms with van der Waals surface area (Å²) in [6.07, 6.45) is 0.974. The van der Waals surface area contributed by atoms with Crippen LogP contribution in [-0.4, -0.2) is 25.1 Å². The van der Waals surface area contributed by atoms with Crippen molar-refractivity contribution >= 4 is 11.9 Å². The zero-order valence-corrected chi connectivity index (χ0v) is 15.5. The summed E-state index contributed by atoms with van der Waals surface area (Å²) in [4.78, 5) is 23.7. The van der Waals surface area contributed by atoms with Crippen LogP contribution in [-0.2, 0) is 20.7 Å². The number of aryl methyl sites for hydroxylation is 2. The van der Waals surface area contributed by atoms with Crippen molar-refractivity contribution in [3.05, 3.63) is 65.2 Å². The summed E-state index contributed by atoms with van der Waals surface area (Å²) in [6.45, 7) is 5.32. The molecule has 0 radical (unpaired) electrons. The Balaban J connectivity index is 1.73. The van der Waals surface area contributed by atoms with E-state index in [9.17, 15) is 9.59 Å². The number of ether oxygens (including phenoxy) is 2. The molecule has 0 aliphatic heterocycles. The number of rotatable bonds is 8. The van der Waals surface area contributed by atoms with Gasteiger partial charge in [-0.1, -0.05) is 49.4 Å². The number of benzene rings is 2. The summed E-state index contributed by atoms with van der Waals surface area (Å²) in [6, 6.07) is 15.3. The first-order valence-electron chi connectivity index (χ1n) is 8.72. The molecule has 0 bridgehead atoms. The van der Waals surface area contributed by atoms with Gasteiger partial charge in [0.25, 0.3) is 5.91 Å². The van der Waals surface area contributed by atoms with Crippen LogP contribution in [0.1, 0.15) is 36.6 Å². The van der Waals surface area contributed by atoms with E-state index in [2.05, 4.69) is 12.2 Å². The zero-order valence-electron chi connectivity index (χ0n) is 15.5. The van der Waals surface area contributed by atoms with E-state index in [0.29, 0.717) is 5.75 Å². The van der Waals surface area contributed by atoms with Gasteiger partial charge < -0.3 is 14.8 Å². The summed E-state index contributed by atoms with van der Waals surface area (Å²) < 4.78 is 10.4. The lowest BCUT2D eigenvalue weighted by molar-refractivity contribution is -0.150. The Bertz CT molecular complexity index is 740. The largest absolute Gasteiger partial charge is 0.482 e. The molecule has 5 nitrogen and oxygen atoms in total. The van der Waals surface area contributed by atoms with Gasteiger partial charge >= 0.3 is 5.97 Å². The predicted molar refractivity (Wildman–Crippen MR) is 100 cm³/mol. The number of carbonyl (C=O) groups is 2. The van der Waals surface area contributed by atoms with Crippen molar-refractivity contribution in [1.82, 2.24) is 5.32 Å². The summed E-state index contributed by atoms with van der Waals surface area (Å²) in [5.74, 6) is -0.303. The highest BCUT2D eigenvalue weighted by Gasteiger charge is 2.12. The maximum Gasteiger partial charge on any atom is 0.344 e. The average molecular weight is 355 g/mol. The Hall–Kier alpha value is -2.82. The molecule has 5 heteroatoms. The highest BCUT2D eigenvalue weighted by atomic mass is 16.6. The number of esters is 1. The highest BCUT2D eigenvalue weighted by Crippen LogP contribution is 2.16. The van der Waals surface area contributed by atoms with Crippen molar-refractivity contribution in [2.24, 2.45) is 0 Å². The van der Waals surface area contributed by atoms with Gasteiger partial charge in [-0.3, -0.25) is 4.79 Å². The molecule has 2 aromatic rings. The second-order valence-corrected chi connectivity index (χ2v) is 6.10. The zero-order chi connectivity index (χ0) is 18.9. The van der Waals surface area contributed by atoms with Crippen LogP contribution >= 0.6 is 0 Å². The molecule has 0 fully saturated rings. The van der Waals surface area contributed by atoms with Crippen LogP contribution in [0.15, 0.2) is 48.5 Å². The van der Waals surface area contributed by atoms with Gasteiger partial charge in [0.2, 0.25) is 0 Å². The van der Waals surface area contributed by atoms with E-state index in [0.717, 1.165) is 17.5 Å². The van der Waals surface area contributed by atoms with Crippen molar-refractivity contribution in [2.45, 2.75) is 33.2 Å². The van der Waals surface area contributed by atoms with Crippen molar-refractivity contribution in [3.8, 4) is 5.75 Å². The first kappa shape index (κ1) is 19.5. The molecule has 0 aromatic heterocycles. The van der Waals surface area contributed by atoms with E-state index in [1.165, 1.54) is 5.56 Å². The van der Waals surface area contributed by atoms with Gasteiger partial charge in [0.1, 0.15) is 5.75 Å². The molecule has 138 valence electrons. The lowest BCUT2D eigenvalue weighted by Crippen LogP contribution is -2.32. The Kier molecular flexibility index (Phi) is 7.21. The minimum Gasteiger partial charge on any atom is -0.482 e. The number of carbonyl (C=O) groups excluding carboxylic acids is 2. The lowest BCUT2D eigenvalue weighted by atomic mass is 10.1. The van der Waals surface area contributed by atoms with Gasteiger partial charge in [0.05, 0.1) is 6.04 Å². The van der Waals surface area contributed by atoms with E-state index in [-0.39, 0.29) is 25.2 Å². The van der Waals surface area contributed by atoms with Gasteiger partial charge in [0.15, 0.2) is 13.2 Å². The Labute approximate surface area is 154 Å². The van der Waals surface area contributed by atoms with Gasteiger partial charge in [-0.15, -0.1) is 0 Å². The minimum atomic E-state index is -0.580. The molecule has 1 N–H and O–H groups in total. The van der Waals surface area contributed by atoms with Crippen molar-refractivity contribution in [3.63, 3.8) is 0 Å². The smallest absolute Gasteiger partial charge is 0.344 e. The van der Waals surface area contributed by atoms with Gasteiger partial charge in [-0.2, -0.15) is 0 Å². The normalized spacial score (nSPS) is 11.5. The van der Waals surface area contributed by atoms with Crippen LogP contribution in [0.4, 0.5) is 0 Å². The Morgan fingerprint density at radius 2 is 1.73 bits per heavy atom. The van der Waals surface area contributed by atoms with Crippen LogP contribution in [0, 0.1) is 6.92 Å². The van der Waals surface area contributed by atoms with Crippen LogP contribution in [0.3, 0.4) is 0 Å². The van der Waals surface area contributed by atoms with Gasteiger partial charge in [-0.05, 0) is 43.0 Å². The lowest BCUT2D eigenvalue weighted by Gasteiger charge is -2.15. The Morgan fingerprint density at radius 1 is 1.04 bits per heavy atom. The van der Waals surface area contributed by atoms with E-state index in [1.54, 1.807) is 6.07 Å².